The summed E-state index contributed by atoms with van der Waals surface area (Å²) in [4.78, 5) is 45.1. The molecule has 1 aromatic rings. The van der Waals surface area contributed by atoms with Crippen molar-refractivity contribution in [3.8, 4) is 0 Å². The van der Waals surface area contributed by atoms with Gasteiger partial charge in [-0.05, 0) is 77.3 Å². The molecule has 37 heavy (non-hydrogen) atoms. The fraction of sp³-hybridized carbons (Fsp3) is 0.692. The number of piperazine rings is 1. The van der Waals surface area contributed by atoms with Crippen molar-refractivity contribution < 1.29 is 9.59 Å². The van der Waals surface area contributed by atoms with E-state index in [1.807, 2.05) is 0 Å². The van der Waals surface area contributed by atoms with Gasteiger partial charge in [-0.3, -0.25) is 14.7 Å². The average molecular weight is 515 g/mol. The summed E-state index contributed by atoms with van der Waals surface area (Å²) in [7, 11) is 0. The Morgan fingerprint density at radius 2 is 1.76 bits per heavy atom. The Bertz CT molecular complexity index is 1050. The lowest BCUT2D eigenvalue weighted by atomic mass is 9.89. The van der Waals surface area contributed by atoms with Crippen LogP contribution in [-0.2, 0) is 4.79 Å². The van der Waals surface area contributed by atoms with Gasteiger partial charge in [0.1, 0.15) is 5.82 Å². The first-order chi connectivity index (χ1) is 17.6. The maximum atomic E-state index is 12.7. The summed E-state index contributed by atoms with van der Waals surface area (Å²) in [6.45, 7) is 5.97. The average Bonchev–Trinajstić information content (AvgIpc) is 2.88. The maximum Gasteiger partial charge on any atom is 0.353 e. The van der Waals surface area contributed by atoms with Crippen molar-refractivity contribution in [2.24, 2.45) is 17.4 Å². The molecule has 3 amide bonds. The molecule has 204 valence electrons. The smallest absolute Gasteiger partial charge is 0.338 e. The number of amides is 3. The first-order valence-electron chi connectivity index (χ1n) is 13.5. The number of allylic oxidation sites excluding steroid dienone is 2. The van der Waals surface area contributed by atoms with E-state index in [1.165, 1.54) is 0 Å². The molecule has 2 aliphatic carbocycles. The molecule has 0 radical (unpaired) electrons. The fourth-order valence-corrected chi connectivity index (χ4v) is 5.34. The standard InChI is InChI=1S/C26H42N8O3/c1-26(2,28)23(35)32-13-15-33(16-14-32)24(36)30-22-11-12-34(25(37)31-22)21-9-3-18(4-10-21)17-29-20-7-5-19(27)6-8-20/h9,11-12,18-20,29H,3-8,10,13-17,27-28H2,1-2H3,(H,30,31,36,37)/t18?,19-,20-. The predicted molar refractivity (Wildman–Crippen MR) is 144 cm³/mol. The molecule has 0 bridgehead atoms. The van der Waals surface area contributed by atoms with Crippen molar-refractivity contribution in [2.75, 3.05) is 38.0 Å². The van der Waals surface area contributed by atoms with Gasteiger partial charge in [0, 0.05) is 50.2 Å². The topological polar surface area (TPSA) is 152 Å². The van der Waals surface area contributed by atoms with Crippen molar-refractivity contribution in [1.29, 1.82) is 0 Å². The first kappa shape index (κ1) is 27.3. The van der Waals surface area contributed by atoms with Crippen LogP contribution in [0, 0.1) is 5.92 Å². The number of aromatic nitrogens is 2. The van der Waals surface area contributed by atoms with Gasteiger partial charge in [0.2, 0.25) is 5.91 Å². The second kappa shape index (κ2) is 11.7. The van der Waals surface area contributed by atoms with Gasteiger partial charge in [-0.25, -0.2) is 9.59 Å². The number of hydrogen-bond donors (Lipinski definition) is 4. The third kappa shape index (κ3) is 7.18. The van der Waals surface area contributed by atoms with E-state index in [4.69, 9.17) is 11.5 Å². The minimum Gasteiger partial charge on any atom is -0.338 e. The zero-order valence-electron chi connectivity index (χ0n) is 22.1. The number of nitrogens with two attached hydrogens (primary N) is 2. The van der Waals surface area contributed by atoms with Crippen molar-refractivity contribution in [2.45, 2.75) is 76.4 Å². The van der Waals surface area contributed by atoms with E-state index in [9.17, 15) is 14.4 Å². The van der Waals surface area contributed by atoms with Gasteiger partial charge >= 0.3 is 11.7 Å². The molecule has 4 rings (SSSR count). The number of nitrogens with one attached hydrogen (secondary N) is 2. The number of carbonyl (C=O) groups is 2. The molecular weight excluding hydrogens is 472 g/mol. The number of urea groups is 1. The number of nitrogens with zero attached hydrogens (tertiary/aromatic N) is 4. The molecule has 0 aromatic carbocycles. The molecule has 2 fully saturated rings. The van der Waals surface area contributed by atoms with E-state index >= 15 is 0 Å². The molecule has 1 unspecified atom stereocenters. The van der Waals surface area contributed by atoms with Crippen LogP contribution in [0.25, 0.3) is 5.70 Å². The molecule has 1 saturated heterocycles. The summed E-state index contributed by atoms with van der Waals surface area (Å²) in [5.74, 6) is 0.652. The highest BCUT2D eigenvalue weighted by Gasteiger charge is 2.31. The van der Waals surface area contributed by atoms with Crippen molar-refractivity contribution >= 4 is 23.5 Å². The zero-order chi connectivity index (χ0) is 26.6. The molecule has 2 heterocycles. The van der Waals surface area contributed by atoms with Crippen LogP contribution < -0.4 is 27.8 Å². The van der Waals surface area contributed by atoms with E-state index in [-0.39, 0.29) is 17.8 Å². The van der Waals surface area contributed by atoms with Crippen LogP contribution in [0.3, 0.4) is 0 Å². The molecule has 11 heteroatoms. The van der Waals surface area contributed by atoms with Gasteiger partial charge < -0.3 is 26.6 Å². The highest BCUT2D eigenvalue weighted by atomic mass is 16.2. The molecule has 11 nitrogen and oxygen atoms in total. The van der Waals surface area contributed by atoms with Crippen LogP contribution in [-0.4, -0.2) is 81.6 Å². The van der Waals surface area contributed by atoms with Crippen LogP contribution in [0.2, 0.25) is 0 Å². The van der Waals surface area contributed by atoms with Crippen molar-refractivity contribution in [3.05, 3.63) is 28.8 Å². The van der Waals surface area contributed by atoms with E-state index in [1.54, 1.807) is 40.5 Å². The first-order valence-corrected chi connectivity index (χ1v) is 13.5. The van der Waals surface area contributed by atoms with E-state index < -0.39 is 11.2 Å². The van der Waals surface area contributed by atoms with Gasteiger partial charge in [-0.15, -0.1) is 0 Å². The van der Waals surface area contributed by atoms with Gasteiger partial charge in [0.05, 0.1) is 5.54 Å². The van der Waals surface area contributed by atoms with Crippen LogP contribution in [0.4, 0.5) is 10.6 Å². The Labute approximate surface area is 218 Å². The maximum absolute atomic E-state index is 12.7. The second-order valence-electron chi connectivity index (χ2n) is 11.3. The molecule has 1 aliphatic heterocycles. The van der Waals surface area contributed by atoms with Crippen LogP contribution in [0.1, 0.15) is 58.8 Å². The Morgan fingerprint density at radius 3 is 2.35 bits per heavy atom. The monoisotopic (exact) mass is 514 g/mol. The normalized spacial score (nSPS) is 25.0. The second-order valence-corrected chi connectivity index (χ2v) is 11.3. The predicted octanol–water partition coefficient (Wildman–Crippen LogP) is 1.16. The summed E-state index contributed by atoms with van der Waals surface area (Å²) < 4.78 is 1.57. The largest absolute Gasteiger partial charge is 0.353 e. The quantitative estimate of drug-likeness (QED) is 0.444. The Hall–Kier alpha value is -2.76. The molecule has 0 spiro atoms. The summed E-state index contributed by atoms with van der Waals surface area (Å²) in [6, 6.07) is 2.25. The van der Waals surface area contributed by atoms with Crippen LogP contribution in [0.15, 0.2) is 23.1 Å². The van der Waals surface area contributed by atoms with Gasteiger partial charge in [0.15, 0.2) is 0 Å². The van der Waals surface area contributed by atoms with Gasteiger partial charge in [-0.1, -0.05) is 6.08 Å². The highest BCUT2D eigenvalue weighted by molar-refractivity contribution is 5.89. The van der Waals surface area contributed by atoms with E-state index in [0.717, 1.165) is 57.2 Å². The van der Waals surface area contributed by atoms with E-state index in [0.29, 0.717) is 44.2 Å². The lowest BCUT2D eigenvalue weighted by molar-refractivity contribution is -0.137. The molecule has 6 N–H and O–H groups in total. The highest BCUT2D eigenvalue weighted by Crippen LogP contribution is 2.26. The fourth-order valence-electron chi connectivity index (χ4n) is 5.34. The van der Waals surface area contributed by atoms with Crippen LogP contribution >= 0.6 is 0 Å². The summed E-state index contributed by atoms with van der Waals surface area (Å²) >= 11 is 0. The van der Waals surface area contributed by atoms with Crippen molar-refractivity contribution in [3.63, 3.8) is 0 Å². The summed E-state index contributed by atoms with van der Waals surface area (Å²) in [5.41, 5.74) is 11.5. The van der Waals surface area contributed by atoms with Gasteiger partial charge in [-0.2, -0.15) is 4.98 Å². The summed E-state index contributed by atoms with van der Waals surface area (Å²) in [5, 5.41) is 6.42. The third-order valence-corrected chi connectivity index (χ3v) is 7.72. The number of rotatable bonds is 6. The SMILES string of the molecule is CC(C)(N)C(=O)N1CCN(C(=O)Nc2ccn(C3=CCC(CN[C@H]4CC[C@H](N)CC4)CC3)c(=O)n2)CC1. The molecule has 1 saturated carbocycles. The van der Waals surface area contributed by atoms with E-state index in [2.05, 4.69) is 21.7 Å². The lowest BCUT2D eigenvalue weighted by Gasteiger charge is -2.37. The molecule has 1 aromatic heterocycles. The number of hydrogen-bond acceptors (Lipinski definition) is 7. The molecular formula is C26H42N8O3. The minimum atomic E-state index is -0.937. The number of carbonyl (C=O) groups excluding carboxylic acids is 2. The van der Waals surface area contributed by atoms with Crippen LogP contribution in [0.5, 0.6) is 0 Å². The third-order valence-electron chi connectivity index (χ3n) is 7.72. The van der Waals surface area contributed by atoms with Crippen molar-refractivity contribution in [1.82, 2.24) is 24.7 Å². The number of anilines is 1. The minimum absolute atomic E-state index is 0.133. The summed E-state index contributed by atoms with van der Waals surface area (Å²) in [6.07, 6.45) is 11.1. The van der Waals surface area contributed by atoms with Gasteiger partial charge in [0.25, 0.3) is 0 Å². The molecule has 3 aliphatic rings. The molecule has 1 atom stereocenters. The zero-order valence-corrected chi connectivity index (χ0v) is 22.1. The Morgan fingerprint density at radius 1 is 1.08 bits per heavy atom. The Balaban J connectivity index is 1.25. The lowest BCUT2D eigenvalue weighted by Crippen LogP contribution is -2.58. The Kier molecular flexibility index (Phi) is 8.66.